The molecule has 0 aliphatic heterocycles. The Morgan fingerprint density at radius 1 is 1.45 bits per heavy atom. The summed E-state index contributed by atoms with van der Waals surface area (Å²) in [4.78, 5) is 0. The largest absolute Gasteiger partial charge is 0.463 e. The lowest BCUT2D eigenvalue weighted by Gasteiger charge is -2.24. The van der Waals surface area contributed by atoms with Crippen LogP contribution in [0.15, 0.2) is 24.3 Å². The molecular formula is C6H7BBrFO2. The van der Waals surface area contributed by atoms with E-state index < -0.39 is 17.5 Å². The van der Waals surface area contributed by atoms with Gasteiger partial charge in [0, 0.05) is 0 Å². The predicted octanol–water partition coefficient (Wildman–Crippen LogP) is 1.02. The summed E-state index contributed by atoms with van der Waals surface area (Å²) < 4.78 is 11.4. The fourth-order valence-electron chi connectivity index (χ4n) is 0.905. The first-order chi connectivity index (χ1) is 5.04. The molecular weight excluding hydrogens is 214 g/mol. The molecule has 0 aromatic carbocycles. The third-order valence-electron chi connectivity index (χ3n) is 1.51. The molecule has 0 fully saturated rings. The van der Waals surface area contributed by atoms with Crippen molar-refractivity contribution in [3.05, 3.63) is 24.3 Å². The Bertz CT molecular complexity index is 203. The number of allylic oxidation sites excluding steroid dienone is 4. The molecule has 2 atom stereocenters. The van der Waals surface area contributed by atoms with Crippen LogP contribution in [0.5, 0.6) is 0 Å². The summed E-state index contributed by atoms with van der Waals surface area (Å²) in [5.41, 5.74) is 0. The Kier molecular flexibility index (Phi) is 2.52. The second kappa shape index (κ2) is 3.09. The van der Waals surface area contributed by atoms with E-state index in [1.54, 1.807) is 6.08 Å². The maximum absolute atomic E-state index is 13.2. The van der Waals surface area contributed by atoms with Gasteiger partial charge in [0.05, 0.1) is 5.82 Å². The van der Waals surface area contributed by atoms with Crippen molar-refractivity contribution < 1.29 is 14.4 Å². The van der Waals surface area contributed by atoms with Gasteiger partial charge < -0.3 is 10.0 Å². The highest BCUT2D eigenvalue weighted by molar-refractivity contribution is 9.10. The van der Waals surface area contributed by atoms with Gasteiger partial charge in [-0.05, 0) is 22.0 Å². The number of hydrogen-bond acceptors (Lipinski definition) is 2. The fraction of sp³-hybridized carbons (Fsp3) is 0.333. The van der Waals surface area contributed by atoms with Crippen LogP contribution in [-0.2, 0) is 0 Å². The van der Waals surface area contributed by atoms with Gasteiger partial charge in [-0.25, -0.2) is 4.39 Å². The Balaban J connectivity index is 2.80. The molecule has 1 rings (SSSR count). The van der Waals surface area contributed by atoms with E-state index in [1.807, 2.05) is 0 Å². The minimum Gasteiger partial charge on any atom is -0.427 e. The van der Waals surface area contributed by atoms with Crippen molar-refractivity contribution in [1.29, 1.82) is 0 Å². The SMILES string of the molecule is OB(O)C1C=CC=CC1(F)Br. The first kappa shape index (κ1) is 8.97. The molecule has 0 saturated heterocycles. The number of alkyl halides is 2. The van der Waals surface area contributed by atoms with Crippen molar-refractivity contribution in [2.45, 2.75) is 10.4 Å². The first-order valence-electron chi connectivity index (χ1n) is 3.14. The Morgan fingerprint density at radius 2 is 2.09 bits per heavy atom. The summed E-state index contributed by atoms with van der Waals surface area (Å²) in [6.07, 6.45) is 5.72. The van der Waals surface area contributed by atoms with E-state index in [9.17, 15) is 4.39 Å². The van der Waals surface area contributed by atoms with E-state index in [4.69, 9.17) is 10.0 Å². The van der Waals surface area contributed by atoms with Crippen LogP contribution in [0.2, 0.25) is 5.82 Å². The molecule has 5 heteroatoms. The summed E-state index contributed by atoms with van der Waals surface area (Å²) in [6.45, 7) is 0. The molecule has 0 bridgehead atoms. The third kappa shape index (κ3) is 1.92. The quantitative estimate of drug-likeness (QED) is 0.512. The normalized spacial score (nSPS) is 35.8. The smallest absolute Gasteiger partial charge is 0.427 e. The summed E-state index contributed by atoms with van der Waals surface area (Å²) in [6, 6.07) is 0. The van der Waals surface area contributed by atoms with Gasteiger partial charge >= 0.3 is 7.12 Å². The monoisotopic (exact) mass is 220 g/mol. The molecule has 0 radical (unpaired) electrons. The molecule has 0 saturated carbocycles. The number of hydrogen-bond donors (Lipinski definition) is 2. The highest BCUT2D eigenvalue weighted by Crippen LogP contribution is 2.39. The molecule has 0 spiro atoms. The zero-order valence-corrected chi connectivity index (χ0v) is 7.20. The Hall–Kier alpha value is -0.125. The molecule has 2 N–H and O–H groups in total. The van der Waals surface area contributed by atoms with Gasteiger partial charge in [-0.15, -0.1) is 0 Å². The van der Waals surface area contributed by atoms with Crippen LogP contribution in [0.1, 0.15) is 0 Å². The van der Waals surface area contributed by atoms with Crippen LogP contribution in [0.3, 0.4) is 0 Å². The molecule has 2 nitrogen and oxygen atoms in total. The van der Waals surface area contributed by atoms with E-state index >= 15 is 0 Å². The number of halogens is 2. The lowest BCUT2D eigenvalue weighted by molar-refractivity contribution is 0.312. The summed E-state index contributed by atoms with van der Waals surface area (Å²) >= 11 is 2.73. The van der Waals surface area contributed by atoms with E-state index in [0.29, 0.717) is 0 Å². The van der Waals surface area contributed by atoms with E-state index in [-0.39, 0.29) is 0 Å². The second-order valence-electron chi connectivity index (χ2n) is 2.36. The van der Waals surface area contributed by atoms with E-state index in [1.165, 1.54) is 18.2 Å². The van der Waals surface area contributed by atoms with Crippen LogP contribution >= 0.6 is 15.9 Å². The van der Waals surface area contributed by atoms with Gasteiger partial charge in [0.25, 0.3) is 0 Å². The van der Waals surface area contributed by atoms with Crippen LogP contribution in [0, 0.1) is 0 Å². The van der Waals surface area contributed by atoms with Gasteiger partial charge in [0.2, 0.25) is 0 Å². The maximum Gasteiger partial charge on any atom is 0.463 e. The average molecular weight is 221 g/mol. The van der Waals surface area contributed by atoms with Crippen LogP contribution in [0.4, 0.5) is 4.39 Å². The zero-order chi connectivity index (χ0) is 8.48. The lowest BCUT2D eigenvalue weighted by Crippen LogP contribution is -2.32. The van der Waals surface area contributed by atoms with Crippen molar-refractivity contribution in [2.75, 3.05) is 0 Å². The molecule has 1 aliphatic rings. The Morgan fingerprint density at radius 3 is 2.45 bits per heavy atom. The molecule has 60 valence electrons. The Labute approximate surface area is 72.7 Å². The zero-order valence-electron chi connectivity index (χ0n) is 5.61. The van der Waals surface area contributed by atoms with E-state index in [0.717, 1.165) is 0 Å². The molecule has 0 aromatic rings. The third-order valence-corrected chi connectivity index (χ3v) is 2.31. The van der Waals surface area contributed by atoms with Gasteiger partial charge in [0.15, 0.2) is 4.58 Å². The highest BCUT2D eigenvalue weighted by Gasteiger charge is 2.40. The van der Waals surface area contributed by atoms with Crippen molar-refractivity contribution >= 4 is 23.0 Å². The minimum atomic E-state index is -1.84. The van der Waals surface area contributed by atoms with Gasteiger partial charge in [-0.1, -0.05) is 18.2 Å². The first-order valence-corrected chi connectivity index (χ1v) is 3.93. The maximum atomic E-state index is 13.2. The molecule has 0 heterocycles. The topological polar surface area (TPSA) is 40.5 Å². The van der Waals surface area contributed by atoms with Crippen molar-refractivity contribution in [3.8, 4) is 0 Å². The fourth-order valence-corrected chi connectivity index (χ4v) is 1.45. The van der Waals surface area contributed by atoms with Crippen molar-refractivity contribution in [3.63, 3.8) is 0 Å². The number of rotatable bonds is 1. The average Bonchev–Trinajstić information content (AvgIpc) is 1.85. The molecule has 11 heavy (non-hydrogen) atoms. The minimum absolute atomic E-state index is 0.938. The van der Waals surface area contributed by atoms with Gasteiger partial charge in [-0.2, -0.15) is 0 Å². The van der Waals surface area contributed by atoms with Crippen LogP contribution in [0.25, 0.3) is 0 Å². The predicted molar refractivity (Wildman–Crippen MR) is 45.0 cm³/mol. The molecule has 2 unspecified atom stereocenters. The van der Waals surface area contributed by atoms with Gasteiger partial charge in [-0.3, -0.25) is 0 Å². The summed E-state index contributed by atoms with van der Waals surface area (Å²) in [5.74, 6) is -0.938. The van der Waals surface area contributed by atoms with Gasteiger partial charge in [0.1, 0.15) is 0 Å². The molecule has 0 aromatic heterocycles. The molecule has 0 amide bonds. The lowest BCUT2D eigenvalue weighted by atomic mass is 9.68. The molecule has 1 aliphatic carbocycles. The summed E-state index contributed by atoms with van der Waals surface area (Å²) in [5, 5.41) is 17.4. The van der Waals surface area contributed by atoms with Crippen LogP contribution in [-0.4, -0.2) is 21.7 Å². The summed E-state index contributed by atoms with van der Waals surface area (Å²) in [7, 11) is -1.68. The second-order valence-corrected chi connectivity index (χ2v) is 3.57. The van der Waals surface area contributed by atoms with Crippen molar-refractivity contribution in [2.24, 2.45) is 0 Å². The van der Waals surface area contributed by atoms with E-state index in [2.05, 4.69) is 15.9 Å². The standard InChI is InChI=1S/C6H7BBrFO2/c8-6(9)4-2-1-3-5(6)7(10)11/h1-5,10-11H. The van der Waals surface area contributed by atoms with Crippen LogP contribution < -0.4 is 0 Å². The highest BCUT2D eigenvalue weighted by atomic mass is 79.9. The van der Waals surface area contributed by atoms with Crippen molar-refractivity contribution in [1.82, 2.24) is 0 Å².